The van der Waals surface area contributed by atoms with Gasteiger partial charge in [0.15, 0.2) is 0 Å². The van der Waals surface area contributed by atoms with E-state index in [2.05, 4.69) is 16.7 Å². The summed E-state index contributed by atoms with van der Waals surface area (Å²) >= 11 is 0. The molecule has 4 heteroatoms. The lowest BCUT2D eigenvalue weighted by molar-refractivity contribution is -0.144. The molecule has 0 aromatic carbocycles. The first-order valence-electron chi connectivity index (χ1n) is 8.34. The van der Waals surface area contributed by atoms with E-state index in [4.69, 9.17) is 4.74 Å². The number of hydrogen-bond donors (Lipinski definition) is 0. The van der Waals surface area contributed by atoms with Crippen LogP contribution in [0.25, 0.3) is 0 Å². The predicted octanol–water partition coefficient (Wildman–Crippen LogP) is 2.28. The Labute approximate surface area is 123 Å². The van der Waals surface area contributed by atoms with Crippen molar-refractivity contribution >= 4 is 5.97 Å². The first kappa shape index (κ1) is 15.8. The molecule has 2 heterocycles. The van der Waals surface area contributed by atoms with E-state index in [0.29, 0.717) is 19.1 Å². The molecule has 2 aliphatic rings. The van der Waals surface area contributed by atoms with Gasteiger partial charge in [-0.1, -0.05) is 6.42 Å². The lowest BCUT2D eigenvalue weighted by Gasteiger charge is -2.41. The minimum absolute atomic E-state index is 0.0573. The number of hydrogen-bond acceptors (Lipinski definition) is 4. The molecule has 1 atom stereocenters. The van der Waals surface area contributed by atoms with Gasteiger partial charge in [0.1, 0.15) is 0 Å². The van der Waals surface area contributed by atoms with Gasteiger partial charge in [-0.2, -0.15) is 0 Å². The zero-order chi connectivity index (χ0) is 14.4. The maximum Gasteiger partial charge on any atom is 0.307 e. The van der Waals surface area contributed by atoms with E-state index in [1.165, 1.54) is 45.2 Å². The minimum Gasteiger partial charge on any atom is -0.466 e. The molecule has 2 fully saturated rings. The standard InChI is InChI=1S/C16H30N2O2/c1-3-20-16(19)13-14(2)17-11-7-15(8-12-17)18-9-5-4-6-10-18/h14-15H,3-13H2,1-2H3. The maximum absolute atomic E-state index is 11.6. The van der Waals surface area contributed by atoms with Crippen molar-refractivity contribution in [3.63, 3.8) is 0 Å². The first-order valence-corrected chi connectivity index (χ1v) is 8.34. The van der Waals surface area contributed by atoms with Crippen LogP contribution < -0.4 is 0 Å². The summed E-state index contributed by atoms with van der Waals surface area (Å²) in [5, 5.41) is 0. The fourth-order valence-corrected chi connectivity index (χ4v) is 3.57. The fourth-order valence-electron chi connectivity index (χ4n) is 3.57. The Morgan fingerprint density at radius 2 is 1.80 bits per heavy atom. The normalized spacial score (nSPS) is 24.5. The van der Waals surface area contributed by atoms with Gasteiger partial charge in [-0.05, 0) is 65.7 Å². The van der Waals surface area contributed by atoms with Crippen molar-refractivity contribution in [3.05, 3.63) is 0 Å². The summed E-state index contributed by atoms with van der Waals surface area (Å²) in [6.45, 7) is 9.35. The Bertz CT molecular complexity index is 295. The summed E-state index contributed by atoms with van der Waals surface area (Å²) in [6, 6.07) is 1.10. The van der Waals surface area contributed by atoms with Gasteiger partial charge in [-0.15, -0.1) is 0 Å². The lowest BCUT2D eigenvalue weighted by Crippen LogP contribution is -2.49. The highest BCUT2D eigenvalue weighted by Gasteiger charge is 2.28. The third kappa shape index (κ3) is 4.45. The predicted molar refractivity (Wildman–Crippen MR) is 80.7 cm³/mol. The smallest absolute Gasteiger partial charge is 0.307 e. The number of rotatable bonds is 5. The molecule has 2 saturated heterocycles. The molecular formula is C16H30N2O2. The Kier molecular flexibility index (Phi) is 6.30. The van der Waals surface area contributed by atoms with Gasteiger partial charge in [0, 0.05) is 12.1 Å². The maximum atomic E-state index is 11.6. The highest BCUT2D eigenvalue weighted by molar-refractivity contribution is 5.70. The number of ether oxygens (including phenoxy) is 1. The quantitative estimate of drug-likeness (QED) is 0.724. The van der Waals surface area contributed by atoms with Crippen molar-refractivity contribution in [1.29, 1.82) is 0 Å². The van der Waals surface area contributed by atoms with E-state index >= 15 is 0 Å². The molecule has 0 aromatic rings. The van der Waals surface area contributed by atoms with E-state index in [0.717, 1.165) is 19.1 Å². The van der Waals surface area contributed by atoms with Gasteiger partial charge < -0.3 is 9.64 Å². The van der Waals surface area contributed by atoms with Crippen LogP contribution in [0.1, 0.15) is 52.4 Å². The van der Waals surface area contributed by atoms with Gasteiger partial charge in [0.2, 0.25) is 0 Å². The minimum atomic E-state index is -0.0573. The largest absolute Gasteiger partial charge is 0.466 e. The summed E-state index contributed by atoms with van der Waals surface area (Å²) in [4.78, 5) is 16.7. The Balaban J connectivity index is 1.71. The van der Waals surface area contributed by atoms with Gasteiger partial charge >= 0.3 is 5.97 Å². The molecule has 0 radical (unpaired) electrons. The van der Waals surface area contributed by atoms with Crippen LogP contribution in [0.3, 0.4) is 0 Å². The van der Waals surface area contributed by atoms with Crippen molar-refractivity contribution in [3.8, 4) is 0 Å². The average molecular weight is 282 g/mol. The van der Waals surface area contributed by atoms with Crippen LogP contribution in [0.4, 0.5) is 0 Å². The van der Waals surface area contributed by atoms with Gasteiger partial charge in [-0.3, -0.25) is 9.69 Å². The van der Waals surface area contributed by atoms with Crippen LogP contribution in [0, 0.1) is 0 Å². The summed E-state index contributed by atoms with van der Waals surface area (Å²) in [6.07, 6.45) is 7.20. The molecule has 0 amide bonds. The van der Waals surface area contributed by atoms with Crippen molar-refractivity contribution in [2.75, 3.05) is 32.8 Å². The summed E-state index contributed by atoms with van der Waals surface area (Å²) < 4.78 is 5.05. The van der Waals surface area contributed by atoms with Crippen LogP contribution in [0.2, 0.25) is 0 Å². The second kappa shape index (κ2) is 7.99. The number of piperidine rings is 2. The fraction of sp³-hybridized carbons (Fsp3) is 0.938. The molecule has 0 aromatic heterocycles. The number of carbonyl (C=O) groups excluding carboxylic acids is 1. The Morgan fingerprint density at radius 1 is 1.15 bits per heavy atom. The summed E-state index contributed by atoms with van der Waals surface area (Å²) in [5.74, 6) is -0.0573. The molecule has 1 unspecified atom stereocenters. The molecule has 2 aliphatic heterocycles. The van der Waals surface area contributed by atoms with Gasteiger partial charge in [0.25, 0.3) is 0 Å². The SMILES string of the molecule is CCOC(=O)CC(C)N1CCC(N2CCCCC2)CC1. The monoisotopic (exact) mass is 282 g/mol. The van der Waals surface area contributed by atoms with E-state index in [1.54, 1.807) is 0 Å². The summed E-state index contributed by atoms with van der Waals surface area (Å²) in [5.41, 5.74) is 0. The second-order valence-electron chi connectivity index (χ2n) is 6.22. The van der Waals surface area contributed by atoms with E-state index in [1.807, 2.05) is 6.92 Å². The van der Waals surface area contributed by atoms with Crippen molar-refractivity contribution in [2.45, 2.75) is 64.5 Å². The molecule has 116 valence electrons. The molecule has 0 saturated carbocycles. The number of likely N-dealkylation sites (tertiary alicyclic amines) is 2. The van der Waals surface area contributed by atoms with Crippen LogP contribution in [-0.2, 0) is 9.53 Å². The highest BCUT2D eigenvalue weighted by atomic mass is 16.5. The van der Waals surface area contributed by atoms with Crippen molar-refractivity contribution in [1.82, 2.24) is 9.80 Å². The molecule has 0 spiro atoms. The zero-order valence-electron chi connectivity index (χ0n) is 13.1. The van der Waals surface area contributed by atoms with Gasteiger partial charge in [-0.25, -0.2) is 0 Å². The van der Waals surface area contributed by atoms with E-state index in [-0.39, 0.29) is 5.97 Å². The molecule has 4 nitrogen and oxygen atoms in total. The molecule has 0 aliphatic carbocycles. The zero-order valence-corrected chi connectivity index (χ0v) is 13.1. The van der Waals surface area contributed by atoms with Crippen LogP contribution in [-0.4, -0.2) is 60.6 Å². The molecular weight excluding hydrogens is 252 g/mol. The van der Waals surface area contributed by atoms with Crippen LogP contribution >= 0.6 is 0 Å². The van der Waals surface area contributed by atoms with Crippen LogP contribution in [0.15, 0.2) is 0 Å². The molecule has 0 N–H and O–H groups in total. The third-order valence-corrected chi connectivity index (χ3v) is 4.80. The van der Waals surface area contributed by atoms with E-state index < -0.39 is 0 Å². The van der Waals surface area contributed by atoms with Gasteiger partial charge in [0.05, 0.1) is 13.0 Å². The first-order chi connectivity index (χ1) is 9.70. The number of esters is 1. The number of nitrogens with zero attached hydrogens (tertiary/aromatic N) is 2. The lowest BCUT2D eigenvalue weighted by atomic mass is 9.98. The van der Waals surface area contributed by atoms with Crippen molar-refractivity contribution < 1.29 is 9.53 Å². The van der Waals surface area contributed by atoms with Crippen LogP contribution in [0.5, 0.6) is 0 Å². The Hall–Kier alpha value is -0.610. The molecule has 0 bridgehead atoms. The average Bonchev–Trinajstić information content (AvgIpc) is 2.48. The number of carbonyl (C=O) groups is 1. The van der Waals surface area contributed by atoms with E-state index in [9.17, 15) is 4.79 Å². The molecule has 2 rings (SSSR count). The second-order valence-corrected chi connectivity index (χ2v) is 6.22. The topological polar surface area (TPSA) is 32.8 Å². The van der Waals surface area contributed by atoms with Crippen molar-refractivity contribution in [2.24, 2.45) is 0 Å². The Morgan fingerprint density at radius 3 is 2.40 bits per heavy atom. The highest BCUT2D eigenvalue weighted by Crippen LogP contribution is 2.22. The third-order valence-electron chi connectivity index (χ3n) is 4.80. The molecule has 20 heavy (non-hydrogen) atoms. The summed E-state index contributed by atoms with van der Waals surface area (Å²) in [7, 11) is 0.